The van der Waals surface area contributed by atoms with Crippen molar-refractivity contribution in [1.82, 2.24) is 4.98 Å². The van der Waals surface area contributed by atoms with E-state index in [4.69, 9.17) is 5.73 Å². The Bertz CT molecular complexity index is 643. The van der Waals surface area contributed by atoms with Gasteiger partial charge >= 0.3 is 0 Å². The maximum atomic E-state index is 12.5. The molecule has 0 radical (unpaired) electrons. The van der Waals surface area contributed by atoms with Crippen molar-refractivity contribution in [3.8, 4) is 0 Å². The molecule has 0 fully saturated rings. The summed E-state index contributed by atoms with van der Waals surface area (Å²) in [4.78, 5) is 18.2. The van der Waals surface area contributed by atoms with Crippen molar-refractivity contribution in [1.29, 1.82) is 0 Å². The molecule has 20 heavy (non-hydrogen) atoms. The molecular weight excluding hydrogens is 318 g/mol. The van der Waals surface area contributed by atoms with Crippen LogP contribution in [0.15, 0.2) is 41.0 Å². The lowest BCUT2D eigenvalue weighted by Gasteiger charge is -2.19. The van der Waals surface area contributed by atoms with E-state index >= 15 is 0 Å². The summed E-state index contributed by atoms with van der Waals surface area (Å²) in [6, 6.07) is 9.37. The molecule has 1 amide bonds. The van der Waals surface area contributed by atoms with E-state index in [0.29, 0.717) is 12.2 Å². The van der Waals surface area contributed by atoms with Gasteiger partial charge in [0.2, 0.25) is 0 Å². The van der Waals surface area contributed by atoms with Gasteiger partial charge in [0, 0.05) is 29.9 Å². The molecule has 0 aliphatic rings. The molecule has 2 rings (SSSR count). The summed E-state index contributed by atoms with van der Waals surface area (Å²) in [5.41, 5.74) is 8.76. The number of nitrogens with two attached hydrogens (primary N) is 1. The molecule has 2 N–H and O–H groups in total. The highest BCUT2D eigenvalue weighted by Gasteiger charge is 2.17. The van der Waals surface area contributed by atoms with Gasteiger partial charge in [0.05, 0.1) is 0 Å². The lowest BCUT2D eigenvalue weighted by Crippen LogP contribution is -2.28. The monoisotopic (exact) mass is 333 g/mol. The van der Waals surface area contributed by atoms with Crippen LogP contribution in [0, 0.1) is 6.92 Å². The number of carbonyl (C=O) groups is 1. The number of nitrogens with zero attached hydrogens (tertiary/aromatic N) is 2. The average Bonchev–Trinajstić information content (AvgIpc) is 2.48. The molecule has 0 unspecified atom stereocenters. The fraction of sp³-hybridized carbons (Fsp3) is 0.200. The first-order valence-corrected chi connectivity index (χ1v) is 7.01. The Morgan fingerprint density at radius 2 is 2.10 bits per heavy atom. The van der Waals surface area contributed by atoms with Crippen molar-refractivity contribution in [2.45, 2.75) is 13.5 Å². The number of aryl methyl sites for hydroxylation is 1. The SMILES string of the molecule is Cc1ccc(Br)cc1N(C)C(=O)c1cc(CN)ccn1. The number of hydrogen-bond acceptors (Lipinski definition) is 3. The zero-order chi connectivity index (χ0) is 14.7. The summed E-state index contributed by atoms with van der Waals surface area (Å²) < 4.78 is 0.932. The zero-order valence-corrected chi connectivity index (χ0v) is 13.0. The number of benzene rings is 1. The third-order valence-electron chi connectivity index (χ3n) is 3.12. The summed E-state index contributed by atoms with van der Waals surface area (Å²) in [5.74, 6) is -0.151. The van der Waals surface area contributed by atoms with Gasteiger partial charge in [0.15, 0.2) is 0 Å². The van der Waals surface area contributed by atoms with Crippen LogP contribution in [0.1, 0.15) is 21.6 Å². The van der Waals surface area contributed by atoms with Crippen LogP contribution in [0.5, 0.6) is 0 Å². The molecule has 0 aliphatic carbocycles. The van der Waals surface area contributed by atoms with Gasteiger partial charge in [-0.15, -0.1) is 0 Å². The number of anilines is 1. The van der Waals surface area contributed by atoms with Crippen LogP contribution in [-0.4, -0.2) is 17.9 Å². The van der Waals surface area contributed by atoms with Crippen LogP contribution in [0.3, 0.4) is 0 Å². The van der Waals surface area contributed by atoms with Crippen LogP contribution in [0.2, 0.25) is 0 Å². The molecule has 0 saturated heterocycles. The Morgan fingerprint density at radius 3 is 2.80 bits per heavy atom. The van der Waals surface area contributed by atoms with Crippen molar-refractivity contribution < 1.29 is 4.79 Å². The maximum Gasteiger partial charge on any atom is 0.276 e. The van der Waals surface area contributed by atoms with Crippen LogP contribution in [-0.2, 0) is 6.54 Å². The van der Waals surface area contributed by atoms with Crippen molar-refractivity contribution in [3.63, 3.8) is 0 Å². The van der Waals surface area contributed by atoms with Gasteiger partial charge < -0.3 is 10.6 Å². The first-order valence-electron chi connectivity index (χ1n) is 6.22. The minimum Gasteiger partial charge on any atom is -0.326 e. The first-order chi connectivity index (χ1) is 9.52. The normalized spacial score (nSPS) is 10.4. The van der Waals surface area contributed by atoms with E-state index in [0.717, 1.165) is 21.3 Å². The molecule has 0 saturated carbocycles. The van der Waals surface area contributed by atoms with Gasteiger partial charge in [0.25, 0.3) is 5.91 Å². The predicted octanol–water partition coefficient (Wildman–Crippen LogP) is 2.89. The van der Waals surface area contributed by atoms with Gasteiger partial charge in [-0.3, -0.25) is 9.78 Å². The summed E-state index contributed by atoms with van der Waals surface area (Å²) >= 11 is 3.42. The quantitative estimate of drug-likeness (QED) is 0.939. The summed E-state index contributed by atoms with van der Waals surface area (Å²) in [6.07, 6.45) is 1.61. The van der Waals surface area contributed by atoms with Crippen LogP contribution in [0.4, 0.5) is 5.69 Å². The lowest BCUT2D eigenvalue weighted by molar-refractivity contribution is 0.0988. The summed E-state index contributed by atoms with van der Waals surface area (Å²) in [6.45, 7) is 2.36. The molecule has 0 bridgehead atoms. The van der Waals surface area contributed by atoms with Crippen molar-refractivity contribution >= 4 is 27.5 Å². The van der Waals surface area contributed by atoms with Crippen LogP contribution in [0.25, 0.3) is 0 Å². The van der Waals surface area contributed by atoms with Gasteiger partial charge in [-0.05, 0) is 42.3 Å². The van der Waals surface area contributed by atoms with Gasteiger partial charge in [0.1, 0.15) is 5.69 Å². The number of hydrogen-bond donors (Lipinski definition) is 1. The fourth-order valence-electron chi connectivity index (χ4n) is 1.94. The molecule has 1 heterocycles. The minimum atomic E-state index is -0.151. The Hall–Kier alpha value is -1.72. The molecule has 0 aliphatic heterocycles. The van der Waals surface area contributed by atoms with E-state index in [-0.39, 0.29) is 5.91 Å². The molecule has 5 heteroatoms. The predicted molar refractivity (Wildman–Crippen MR) is 83.7 cm³/mol. The van der Waals surface area contributed by atoms with E-state index in [2.05, 4.69) is 20.9 Å². The topological polar surface area (TPSA) is 59.2 Å². The molecule has 2 aromatic rings. The minimum absolute atomic E-state index is 0.151. The summed E-state index contributed by atoms with van der Waals surface area (Å²) in [5, 5.41) is 0. The third-order valence-corrected chi connectivity index (χ3v) is 3.61. The second-order valence-electron chi connectivity index (χ2n) is 4.55. The molecule has 0 spiro atoms. The fourth-order valence-corrected chi connectivity index (χ4v) is 2.29. The molecule has 1 aromatic carbocycles. The van der Waals surface area contributed by atoms with Crippen LogP contribution < -0.4 is 10.6 Å². The van der Waals surface area contributed by atoms with E-state index in [1.54, 1.807) is 30.3 Å². The van der Waals surface area contributed by atoms with Crippen molar-refractivity contribution in [3.05, 3.63) is 57.8 Å². The number of aromatic nitrogens is 1. The standard InChI is InChI=1S/C15H16BrN3O/c1-10-3-4-12(16)8-14(10)19(2)15(20)13-7-11(9-17)5-6-18-13/h3-8H,9,17H2,1-2H3. The number of rotatable bonds is 3. The average molecular weight is 334 g/mol. The molecule has 104 valence electrons. The number of pyridine rings is 1. The smallest absolute Gasteiger partial charge is 0.276 e. The van der Waals surface area contributed by atoms with E-state index in [1.807, 2.05) is 25.1 Å². The first kappa shape index (κ1) is 14.7. The molecule has 0 atom stereocenters. The Balaban J connectivity index is 2.34. The second kappa shape index (κ2) is 6.15. The highest BCUT2D eigenvalue weighted by molar-refractivity contribution is 9.10. The lowest BCUT2D eigenvalue weighted by atomic mass is 10.1. The summed E-state index contributed by atoms with van der Waals surface area (Å²) in [7, 11) is 1.74. The number of amides is 1. The molecule has 4 nitrogen and oxygen atoms in total. The maximum absolute atomic E-state index is 12.5. The van der Waals surface area contributed by atoms with Gasteiger partial charge in [-0.1, -0.05) is 22.0 Å². The number of halogens is 1. The van der Waals surface area contributed by atoms with E-state index in [1.165, 1.54) is 0 Å². The second-order valence-corrected chi connectivity index (χ2v) is 5.46. The highest BCUT2D eigenvalue weighted by Crippen LogP contribution is 2.24. The Morgan fingerprint density at radius 1 is 1.35 bits per heavy atom. The van der Waals surface area contributed by atoms with Gasteiger partial charge in [-0.25, -0.2) is 0 Å². The Kier molecular flexibility index (Phi) is 4.52. The van der Waals surface area contributed by atoms with Crippen LogP contribution >= 0.6 is 15.9 Å². The Labute approximate surface area is 126 Å². The van der Waals surface area contributed by atoms with E-state index < -0.39 is 0 Å². The van der Waals surface area contributed by atoms with Crippen molar-refractivity contribution in [2.24, 2.45) is 5.73 Å². The third kappa shape index (κ3) is 3.05. The van der Waals surface area contributed by atoms with Crippen molar-refractivity contribution in [2.75, 3.05) is 11.9 Å². The van der Waals surface area contributed by atoms with E-state index in [9.17, 15) is 4.79 Å². The van der Waals surface area contributed by atoms with Gasteiger partial charge in [-0.2, -0.15) is 0 Å². The largest absolute Gasteiger partial charge is 0.326 e. The zero-order valence-electron chi connectivity index (χ0n) is 11.4. The highest BCUT2D eigenvalue weighted by atomic mass is 79.9. The number of carbonyl (C=O) groups excluding carboxylic acids is 1. The molecule has 1 aromatic heterocycles. The molecular formula is C15H16BrN3O.